The van der Waals surface area contributed by atoms with E-state index in [2.05, 4.69) is 40.8 Å². The van der Waals surface area contributed by atoms with E-state index < -0.39 is 4.92 Å². The Labute approximate surface area is 202 Å². The van der Waals surface area contributed by atoms with Crippen molar-refractivity contribution in [3.63, 3.8) is 0 Å². The molecular weight excluding hydrogens is 471 g/mol. The van der Waals surface area contributed by atoms with Crippen LogP contribution in [0.1, 0.15) is 16.9 Å². The lowest BCUT2D eigenvalue weighted by Gasteiger charge is -2.09. The summed E-state index contributed by atoms with van der Waals surface area (Å²) in [5, 5.41) is 25.9. The number of halogens is 1. The predicted octanol–water partition coefficient (Wildman–Crippen LogP) is 5.13. The zero-order valence-corrected chi connectivity index (χ0v) is 18.9. The maximum atomic E-state index is 13.2. The summed E-state index contributed by atoms with van der Waals surface area (Å²) in [5.74, 6) is 0.944. The van der Waals surface area contributed by atoms with Gasteiger partial charge < -0.3 is 9.73 Å². The van der Waals surface area contributed by atoms with E-state index in [9.17, 15) is 14.5 Å². The summed E-state index contributed by atoms with van der Waals surface area (Å²) < 4.78 is 23.8. The lowest BCUT2D eigenvalue weighted by atomic mass is 10.0. The van der Waals surface area contributed by atoms with E-state index in [4.69, 9.17) is 4.42 Å². The van der Waals surface area contributed by atoms with Gasteiger partial charge in [0, 0.05) is 22.9 Å². The fourth-order valence-electron chi connectivity index (χ4n) is 3.48. The number of hydrogen-bond acceptors (Lipinski definition) is 11. The summed E-state index contributed by atoms with van der Waals surface area (Å²) in [6, 6.07) is 12.4. The first-order valence-electron chi connectivity index (χ1n) is 10.6. The first-order chi connectivity index (χ1) is 17.4. The lowest BCUT2D eigenvalue weighted by molar-refractivity contribution is -0.385. The van der Waals surface area contributed by atoms with Gasteiger partial charge in [-0.25, -0.2) is 14.0 Å². The van der Waals surface area contributed by atoms with Crippen LogP contribution in [0, 0.1) is 29.8 Å². The zero-order valence-electron chi connectivity index (χ0n) is 18.9. The molecule has 5 aromatic rings. The number of nitro benzene ring substituents is 1. The fourth-order valence-corrected chi connectivity index (χ4v) is 3.48. The van der Waals surface area contributed by atoms with Crippen LogP contribution in [0.4, 0.5) is 27.4 Å². The minimum absolute atomic E-state index is 0.0239. The predicted molar refractivity (Wildman–Crippen MR) is 129 cm³/mol. The second kappa shape index (κ2) is 9.21. The van der Waals surface area contributed by atoms with Crippen molar-refractivity contribution in [2.75, 3.05) is 10.7 Å². The molecule has 180 valence electrons. The van der Waals surface area contributed by atoms with Crippen molar-refractivity contribution in [1.82, 2.24) is 20.3 Å². The summed E-state index contributed by atoms with van der Waals surface area (Å²) in [7, 11) is 0. The highest BCUT2D eigenvalue weighted by atomic mass is 19.1. The number of hydrazone groups is 1. The van der Waals surface area contributed by atoms with Crippen LogP contribution in [0.25, 0.3) is 22.6 Å². The molecule has 0 saturated carbocycles. The molecule has 0 aliphatic carbocycles. The van der Waals surface area contributed by atoms with Crippen LogP contribution in [0.5, 0.6) is 0 Å². The summed E-state index contributed by atoms with van der Waals surface area (Å²) in [6.45, 7) is 3.46. The van der Waals surface area contributed by atoms with E-state index >= 15 is 0 Å². The molecule has 2 N–H and O–H groups in total. The maximum absolute atomic E-state index is 13.2. The number of aryl methyl sites for hydroxylation is 1. The minimum atomic E-state index is -0.416. The standard InChI is InChI=1S/C23H17FN8O4/c1-12-9-17(13(2)18(10-12)32(33)34)19-8-7-16(35-19)11-25-29-21-20(26-15-5-3-14(24)4-6-15)27-22-23(28-21)31-36-30-22/h3-11H,1-2H3,(H,26,27,30)(H,28,29,31). The summed E-state index contributed by atoms with van der Waals surface area (Å²) in [5.41, 5.74) is 5.56. The molecule has 0 amide bonds. The molecule has 13 heteroatoms. The molecule has 0 atom stereocenters. The number of nitro groups is 1. The molecule has 2 aromatic carbocycles. The first-order valence-corrected chi connectivity index (χ1v) is 10.6. The van der Waals surface area contributed by atoms with Gasteiger partial charge in [0.1, 0.15) is 17.3 Å². The number of furan rings is 1. The van der Waals surface area contributed by atoms with E-state index in [1.807, 2.05) is 6.07 Å². The topological polar surface area (TPSA) is 157 Å². The minimum Gasteiger partial charge on any atom is -0.455 e. The van der Waals surface area contributed by atoms with Crippen molar-refractivity contribution in [1.29, 1.82) is 0 Å². The molecule has 0 saturated heterocycles. The quantitative estimate of drug-likeness (QED) is 0.179. The Bertz CT molecular complexity index is 1610. The molecule has 0 spiro atoms. The van der Waals surface area contributed by atoms with Crippen LogP contribution in [-0.4, -0.2) is 31.4 Å². The van der Waals surface area contributed by atoms with Gasteiger partial charge in [-0.1, -0.05) is 0 Å². The third-order valence-corrected chi connectivity index (χ3v) is 5.20. The van der Waals surface area contributed by atoms with Crippen LogP contribution in [0.15, 0.2) is 62.7 Å². The van der Waals surface area contributed by atoms with Gasteiger partial charge in [0.15, 0.2) is 11.6 Å². The molecule has 12 nitrogen and oxygen atoms in total. The van der Waals surface area contributed by atoms with E-state index in [0.29, 0.717) is 28.3 Å². The number of rotatable bonds is 7. The molecule has 36 heavy (non-hydrogen) atoms. The number of nitrogens with one attached hydrogen (secondary N) is 2. The molecule has 0 radical (unpaired) electrons. The molecule has 3 heterocycles. The van der Waals surface area contributed by atoms with Gasteiger partial charge in [-0.05, 0) is 72.2 Å². The van der Waals surface area contributed by atoms with E-state index in [0.717, 1.165) is 5.56 Å². The molecule has 5 rings (SSSR count). The third-order valence-electron chi connectivity index (χ3n) is 5.20. The van der Waals surface area contributed by atoms with Gasteiger partial charge in [0.2, 0.25) is 11.3 Å². The molecule has 0 bridgehead atoms. The average Bonchev–Trinajstić information content (AvgIpc) is 3.51. The van der Waals surface area contributed by atoms with E-state index in [1.165, 1.54) is 36.5 Å². The van der Waals surface area contributed by atoms with Crippen molar-refractivity contribution in [2.24, 2.45) is 5.10 Å². The molecular formula is C23H17FN8O4. The molecule has 0 fully saturated rings. The van der Waals surface area contributed by atoms with Crippen LogP contribution in [0.2, 0.25) is 0 Å². The Morgan fingerprint density at radius 2 is 1.75 bits per heavy atom. The Hall–Kier alpha value is -5.20. The van der Waals surface area contributed by atoms with Crippen molar-refractivity contribution in [2.45, 2.75) is 13.8 Å². The number of nitrogens with zero attached hydrogens (tertiary/aromatic N) is 6. The Morgan fingerprint density at radius 1 is 1.03 bits per heavy atom. The highest BCUT2D eigenvalue weighted by molar-refractivity contribution is 5.81. The van der Waals surface area contributed by atoms with Gasteiger partial charge in [0.25, 0.3) is 5.69 Å². The summed E-state index contributed by atoms with van der Waals surface area (Å²) in [6.07, 6.45) is 1.41. The van der Waals surface area contributed by atoms with Crippen LogP contribution in [0.3, 0.4) is 0 Å². The van der Waals surface area contributed by atoms with Gasteiger partial charge in [0.05, 0.1) is 11.1 Å². The van der Waals surface area contributed by atoms with Crippen molar-refractivity contribution >= 4 is 40.5 Å². The highest BCUT2D eigenvalue weighted by Crippen LogP contribution is 2.32. The Kier molecular flexibility index (Phi) is 5.78. The normalized spacial score (nSPS) is 11.3. The number of benzene rings is 2. The lowest BCUT2D eigenvalue weighted by Crippen LogP contribution is -2.03. The number of fused-ring (bicyclic) bond motifs is 1. The van der Waals surface area contributed by atoms with Crippen molar-refractivity contribution in [3.8, 4) is 11.3 Å². The second-order valence-corrected chi connectivity index (χ2v) is 7.75. The molecule has 3 aromatic heterocycles. The van der Waals surface area contributed by atoms with Crippen molar-refractivity contribution < 1.29 is 18.4 Å². The SMILES string of the molecule is Cc1cc(-c2ccc(C=NNc3nc4nonc4nc3Nc3ccc(F)cc3)o2)c(C)c([N+](=O)[O-])c1. The molecule has 0 aliphatic rings. The first kappa shape index (κ1) is 22.6. The van der Waals surface area contributed by atoms with Gasteiger partial charge in [-0.15, -0.1) is 0 Å². The summed E-state index contributed by atoms with van der Waals surface area (Å²) >= 11 is 0. The Balaban J connectivity index is 1.39. The van der Waals surface area contributed by atoms with Gasteiger partial charge in [-0.2, -0.15) is 10.1 Å². The molecule has 0 aliphatic heterocycles. The van der Waals surface area contributed by atoms with Crippen LogP contribution in [-0.2, 0) is 0 Å². The summed E-state index contributed by atoms with van der Waals surface area (Å²) in [4.78, 5) is 19.6. The van der Waals surface area contributed by atoms with E-state index in [-0.39, 0.29) is 34.4 Å². The monoisotopic (exact) mass is 488 g/mol. The smallest absolute Gasteiger partial charge is 0.273 e. The second-order valence-electron chi connectivity index (χ2n) is 7.75. The van der Waals surface area contributed by atoms with E-state index in [1.54, 1.807) is 26.0 Å². The highest BCUT2D eigenvalue weighted by Gasteiger charge is 2.18. The molecule has 0 unspecified atom stereocenters. The van der Waals surface area contributed by atoms with Gasteiger partial charge in [-0.3, -0.25) is 15.5 Å². The number of hydrogen-bond donors (Lipinski definition) is 2. The number of anilines is 3. The third kappa shape index (κ3) is 4.57. The largest absolute Gasteiger partial charge is 0.455 e. The number of aromatic nitrogens is 4. The van der Waals surface area contributed by atoms with Crippen LogP contribution < -0.4 is 10.7 Å². The Morgan fingerprint density at radius 3 is 2.47 bits per heavy atom. The van der Waals surface area contributed by atoms with Crippen LogP contribution >= 0.6 is 0 Å². The van der Waals surface area contributed by atoms with Crippen molar-refractivity contribution in [3.05, 3.63) is 81.3 Å². The zero-order chi connectivity index (χ0) is 25.2. The average molecular weight is 488 g/mol. The fraction of sp³-hybridized carbons (Fsp3) is 0.0870. The van der Waals surface area contributed by atoms with Gasteiger partial charge >= 0.3 is 0 Å². The maximum Gasteiger partial charge on any atom is 0.273 e.